The standard InChI is InChI=1S/C28H36O6Si/c1-27(2,3)35(20-13-9-7-10-14-20,21-15-11-8-12-16-21)31-19-23-26(34-28(4,5)33-23)25-22(29)17-18-24(30-6)32-25/h7-18,23-26H,19H2,1-6H3/t23-,24-,25-,26+/m0/s1. The van der Waals surface area contributed by atoms with Crippen LogP contribution in [-0.4, -0.2) is 58.2 Å². The quantitative estimate of drug-likeness (QED) is 0.546. The molecule has 1 fully saturated rings. The number of carbonyl (C=O) groups is 1. The summed E-state index contributed by atoms with van der Waals surface area (Å²) >= 11 is 0. The minimum atomic E-state index is -2.78. The van der Waals surface area contributed by atoms with Crippen LogP contribution in [0.3, 0.4) is 0 Å². The first-order valence-corrected chi connectivity index (χ1v) is 14.0. The second-order valence-corrected chi connectivity index (χ2v) is 14.8. The van der Waals surface area contributed by atoms with Gasteiger partial charge >= 0.3 is 0 Å². The van der Waals surface area contributed by atoms with Crippen molar-refractivity contribution in [2.75, 3.05) is 13.7 Å². The summed E-state index contributed by atoms with van der Waals surface area (Å²) in [6.45, 7) is 10.6. The van der Waals surface area contributed by atoms with E-state index in [1.165, 1.54) is 16.4 Å². The van der Waals surface area contributed by atoms with Gasteiger partial charge in [0, 0.05) is 7.11 Å². The molecule has 1 saturated heterocycles. The van der Waals surface area contributed by atoms with Crippen LogP contribution in [-0.2, 0) is 28.2 Å². The molecule has 7 heteroatoms. The Hall–Kier alpha value is -2.13. The zero-order chi connectivity index (χ0) is 25.3. The number of ketones is 1. The third-order valence-electron chi connectivity index (χ3n) is 6.61. The van der Waals surface area contributed by atoms with Crippen molar-refractivity contribution in [2.45, 2.75) is 70.0 Å². The lowest BCUT2D eigenvalue weighted by atomic mass is 10.0. The maximum Gasteiger partial charge on any atom is 0.261 e. The van der Waals surface area contributed by atoms with Gasteiger partial charge in [0.1, 0.15) is 12.2 Å². The number of rotatable bonds is 7. The molecule has 2 aromatic rings. The minimum Gasteiger partial charge on any atom is -0.405 e. The van der Waals surface area contributed by atoms with Gasteiger partial charge < -0.3 is 23.4 Å². The third-order valence-corrected chi connectivity index (χ3v) is 11.6. The van der Waals surface area contributed by atoms with Gasteiger partial charge in [-0.2, -0.15) is 0 Å². The topological polar surface area (TPSA) is 63.2 Å². The van der Waals surface area contributed by atoms with E-state index in [9.17, 15) is 4.79 Å². The molecule has 2 aliphatic rings. The average Bonchev–Trinajstić information content (AvgIpc) is 3.14. The zero-order valence-electron chi connectivity index (χ0n) is 21.4. The maximum absolute atomic E-state index is 12.8. The van der Waals surface area contributed by atoms with Gasteiger partial charge in [-0.1, -0.05) is 81.4 Å². The summed E-state index contributed by atoms with van der Waals surface area (Å²) in [4.78, 5) is 12.8. The van der Waals surface area contributed by atoms with E-state index in [0.717, 1.165) is 0 Å². The van der Waals surface area contributed by atoms with Crippen LogP contribution in [0.15, 0.2) is 72.8 Å². The summed E-state index contributed by atoms with van der Waals surface area (Å²) < 4.78 is 30.8. The molecule has 0 aromatic heterocycles. The lowest BCUT2D eigenvalue weighted by Crippen LogP contribution is -2.67. The smallest absolute Gasteiger partial charge is 0.261 e. The van der Waals surface area contributed by atoms with E-state index < -0.39 is 38.7 Å². The van der Waals surface area contributed by atoms with E-state index in [4.69, 9.17) is 23.4 Å². The molecule has 0 N–H and O–H groups in total. The molecule has 4 rings (SSSR count). The van der Waals surface area contributed by atoms with Gasteiger partial charge in [-0.05, 0) is 41.4 Å². The Morgan fingerprint density at radius 3 is 2.03 bits per heavy atom. The molecule has 6 nitrogen and oxygen atoms in total. The highest BCUT2D eigenvalue weighted by Gasteiger charge is 2.53. The number of hydrogen-bond donors (Lipinski definition) is 0. The summed E-state index contributed by atoms with van der Waals surface area (Å²) in [5.74, 6) is -1.04. The number of hydrogen-bond acceptors (Lipinski definition) is 6. The van der Waals surface area contributed by atoms with Crippen molar-refractivity contribution in [3.63, 3.8) is 0 Å². The molecule has 0 aliphatic carbocycles. The zero-order valence-corrected chi connectivity index (χ0v) is 22.4. The minimum absolute atomic E-state index is 0.167. The van der Waals surface area contributed by atoms with Gasteiger partial charge in [0.05, 0.1) is 6.61 Å². The van der Waals surface area contributed by atoms with E-state index in [2.05, 4.69) is 69.3 Å². The van der Waals surface area contributed by atoms with Crippen LogP contribution in [0.1, 0.15) is 34.6 Å². The number of methoxy groups -OCH3 is 1. The Kier molecular flexibility index (Phi) is 7.48. The largest absolute Gasteiger partial charge is 0.405 e. The normalized spacial score (nSPS) is 26.7. The molecule has 0 unspecified atom stereocenters. The van der Waals surface area contributed by atoms with Crippen molar-refractivity contribution in [3.8, 4) is 0 Å². The number of carbonyl (C=O) groups excluding carboxylic acids is 1. The van der Waals surface area contributed by atoms with Crippen molar-refractivity contribution >= 4 is 24.5 Å². The van der Waals surface area contributed by atoms with Gasteiger partial charge in [-0.15, -0.1) is 0 Å². The van der Waals surface area contributed by atoms with Gasteiger partial charge in [-0.3, -0.25) is 4.79 Å². The number of benzene rings is 2. The molecule has 0 amide bonds. The molecule has 35 heavy (non-hydrogen) atoms. The van der Waals surface area contributed by atoms with Crippen LogP contribution in [0.4, 0.5) is 0 Å². The lowest BCUT2D eigenvalue weighted by molar-refractivity contribution is -0.190. The third kappa shape index (κ3) is 5.21. The monoisotopic (exact) mass is 496 g/mol. The van der Waals surface area contributed by atoms with E-state index in [-0.39, 0.29) is 17.4 Å². The summed E-state index contributed by atoms with van der Waals surface area (Å²) in [6, 6.07) is 20.9. The predicted molar refractivity (Wildman–Crippen MR) is 137 cm³/mol. The first kappa shape index (κ1) is 25.9. The summed E-state index contributed by atoms with van der Waals surface area (Å²) in [7, 11) is -1.24. The Balaban J connectivity index is 1.70. The van der Waals surface area contributed by atoms with E-state index in [1.54, 1.807) is 13.2 Å². The highest BCUT2D eigenvalue weighted by Crippen LogP contribution is 2.39. The molecule has 2 aliphatic heterocycles. The van der Waals surface area contributed by atoms with Gasteiger partial charge in [0.25, 0.3) is 8.32 Å². The first-order chi connectivity index (χ1) is 16.6. The molecule has 0 radical (unpaired) electrons. The lowest BCUT2D eigenvalue weighted by Gasteiger charge is -2.43. The average molecular weight is 497 g/mol. The molecular formula is C28H36O6Si. The Morgan fingerprint density at radius 1 is 0.943 bits per heavy atom. The van der Waals surface area contributed by atoms with Crippen LogP contribution in [0.5, 0.6) is 0 Å². The molecule has 188 valence electrons. The van der Waals surface area contributed by atoms with E-state index in [0.29, 0.717) is 0 Å². The summed E-state index contributed by atoms with van der Waals surface area (Å²) in [5.41, 5.74) is 0. The summed E-state index contributed by atoms with van der Waals surface area (Å²) in [5, 5.41) is 2.18. The maximum atomic E-state index is 12.8. The van der Waals surface area contributed by atoms with Crippen molar-refractivity contribution in [1.29, 1.82) is 0 Å². The molecule has 0 bridgehead atoms. The van der Waals surface area contributed by atoms with Crippen LogP contribution in [0, 0.1) is 0 Å². The Bertz CT molecular complexity index is 991. The van der Waals surface area contributed by atoms with Crippen molar-refractivity contribution in [1.82, 2.24) is 0 Å². The molecule has 2 aromatic carbocycles. The highest BCUT2D eigenvalue weighted by atomic mass is 28.4. The first-order valence-electron chi connectivity index (χ1n) is 12.1. The molecule has 4 atom stereocenters. The van der Waals surface area contributed by atoms with Crippen molar-refractivity contribution < 1.29 is 28.2 Å². The second-order valence-electron chi connectivity index (χ2n) is 10.5. The summed E-state index contributed by atoms with van der Waals surface area (Å²) in [6.07, 6.45) is 0.538. The molecular weight excluding hydrogens is 460 g/mol. The van der Waals surface area contributed by atoms with Crippen LogP contribution < -0.4 is 10.4 Å². The SMILES string of the molecule is CO[C@@H]1C=CC(=O)[C@@H]([C@@H]2OC(C)(C)O[C@H]2CO[Si](c2ccccc2)(c2ccccc2)C(C)(C)C)O1. The number of ether oxygens (including phenoxy) is 4. The fourth-order valence-electron chi connectivity index (χ4n) is 5.12. The highest BCUT2D eigenvalue weighted by molar-refractivity contribution is 6.99. The van der Waals surface area contributed by atoms with Gasteiger partial charge in [-0.25, -0.2) is 0 Å². The molecule has 2 heterocycles. The fourth-order valence-corrected chi connectivity index (χ4v) is 9.69. The van der Waals surface area contributed by atoms with Crippen LogP contribution in [0.25, 0.3) is 0 Å². The Labute approximate surface area is 209 Å². The van der Waals surface area contributed by atoms with Crippen molar-refractivity contribution in [3.05, 3.63) is 72.8 Å². The second kappa shape index (κ2) is 10.1. The molecule has 0 saturated carbocycles. The van der Waals surface area contributed by atoms with E-state index >= 15 is 0 Å². The van der Waals surface area contributed by atoms with E-state index in [1.807, 2.05) is 26.0 Å². The fraction of sp³-hybridized carbons (Fsp3) is 0.464. The van der Waals surface area contributed by atoms with Crippen molar-refractivity contribution in [2.24, 2.45) is 0 Å². The van der Waals surface area contributed by atoms with Crippen LogP contribution >= 0.6 is 0 Å². The Morgan fingerprint density at radius 2 is 1.51 bits per heavy atom. The molecule has 0 spiro atoms. The predicted octanol–water partition coefficient (Wildman–Crippen LogP) is 3.58. The van der Waals surface area contributed by atoms with Gasteiger partial charge in [0.2, 0.25) is 0 Å². The van der Waals surface area contributed by atoms with Crippen LogP contribution in [0.2, 0.25) is 5.04 Å². The van der Waals surface area contributed by atoms with Gasteiger partial charge in [0.15, 0.2) is 24.0 Å².